The first-order valence-corrected chi connectivity index (χ1v) is 8.78. The number of nitrogens with one attached hydrogen (secondary N) is 1. The molecule has 0 aliphatic heterocycles. The van der Waals surface area contributed by atoms with Gasteiger partial charge in [-0.2, -0.15) is 0 Å². The van der Waals surface area contributed by atoms with E-state index >= 15 is 0 Å². The van der Waals surface area contributed by atoms with Crippen LogP contribution in [0.25, 0.3) is 0 Å². The third-order valence-corrected chi connectivity index (χ3v) is 4.92. The molecule has 2 unspecified atom stereocenters. The monoisotopic (exact) mass is 288 g/mol. The highest BCUT2D eigenvalue weighted by Gasteiger charge is 2.26. The highest BCUT2D eigenvalue weighted by atomic mass is 15.2. The summed E-state index contributed by atoms with van der Waals surface area (Å²) < 4.78 is 0. The van der Waals surface area contributed by atoms with Crippen molar-refractivity contribution in [2.24, 2.45) is 5.92 Å². The van der Waals surface area contributed by atoms with Gasteiger partial charge in [0, 0.05) is 18.6 Å². The van der Waals surface area contributed by atoms with Crippen LogP contribution in [-0.4, -0.2) is 30.6 Å². The van der Waals surface area contributed by atoms with Crippen molar-refractivity contribution in [1.29, 1.82) is 0 Å². The highest BCUT2D eigenvalue weighted by Crippen LogP contribution is 2.27. The fourth-order valence-corrected chi connectivity index (χ4v) is 3.81. The molecule has 1 saturated carbocycles. The van der Waals surface area contributed by atoms with Crippen LogP contribution in [0.5, 0.6) is 0 Å². The van der Waals surface area contributed by atoms with Crippen LogP contribution in [-0.2, 0) is 0 Å². The van der Waals surface area contributed by atoms with E-state index in [1.165, 1.54) is 44.3 Å². The van der Waals surface area contributed by atoms with Crippen molar-refractivity contribution < 1.29 is 0 Å². The molecule has 1 aromatic carbocycles. The summed E-state index contributed by atoms with van der Waals surface area (Å²) in [4.78, 5) is 2.71. The molecule has 0 amide bonds. The second-order valence-electron chi connectivity index (χ2n) is 6.45. The van der Waals surface area contributed by atoms with Gasteiger partial charge < -0.3 is 10.2 Å². The van der Waals surface area contributed by atoms with Gasteiger partial charge in [0.2, 0.25) is 0 Å². The van der Waals surface area contributed by atoms with Gasteiger partial charge in [0.15, 0.2) is 0 Å². The Hall–Kier alpha value is -0.860. The summed E-state index contributed by atoms with van der Waals surface area (Å²) in [6.07, 6.45) is 5.64. The van der Waals surface area contributed by atoms with Crippen molar-refractivity contribution in [3.05, 3.63) is 35.9 Å². The molecule has 118 valence electrons. The normalized spacial score (nSPS) is 19.0. The van der Waals surface area contributed by atoms with Crippen molar-refractivity contribution >= 4 is 0 Å². The van der Waals surface area contributed by atoms with Crippen LogP contribution in [0.1, 0.15) is 58.1 Å². The van der Waals surface area contributed by atoms with E-state index in [0.717, 1.165) is 12.6 Å². The van der Waals surface area contributed by atoms with Gasteiger partial charge in [0.1, 0.15) is 0 Å². The first-order chi connectivity index (χ1) is 10.3. The molecule has 2 nitrogen and oxygen atoms in total. The quantitative estimate of drug-likeness (QED) is 0.770. The number of benzene rings is 1. The molecule has 2 atom stereocenters. The van der Waals surface area contributed by atoms with Crippen molar-refractivity contribution in [3.63, 3.8) is 0 Å². The number of nitrogens with zero attached hydrogens (tertiary/aromatic N) is 1. The topological polar surface area (TPSA) is 15.3 Å². The van der Waals surface area contributed by atoms with E-state index in [0.29, 0.717) is 12.0 Å². The van der Waals surface area contributed by atoms with E-state index in [9.17, 15) is 0 Å². The molecule has 1 aromatic rings. The molecular formula is C19H32N2. The zero-order valence-corrected chi connectivity index (χ0v) is 14.0. The maximum Gasteiger partial charge on any atom is 0.0358 e. The summed E-state index contributed by atoms with van der Waals surface area (Å²) >= 11 is 0. The second-order valence-corrected chi connectivity index (χ2v) is 6.45. The Balaban J connectivity index is 2.01. The number of hydrogen-bond donors (Lipinski definition) is 1. The van der Waals surface area contributed by atoms with Crippen molar-refractivity contribution in [2.45, 2.75) is 58.5 Å². The van der Waals surface area contributed by atoms with Gasteiger partial charge in [-0.3, -0.25) is 0 Å². The zero-order chi connectivity index (χ0) is 15.1. The summed E-state index contributed by atoms with van der Waals surface area (Å²) in [7, 11) is 0. The Morgan fingerprint density at radius 3 is 2.38 bits per heavy atom. The van der Waals surface area contributed by atoms with Gasteiger partial charge in [-0.25, -0.2) is 0 Å². The Morgan fingerprint density at radius 1 is 1.14 bits per heavy atom. The first kappa shape index (κ1) is 16.5. The molecule has 1 aliphatic carbocycles. The lowest BCUT2D eigenvalue weighted by Gasteiger charge is -2.34. The van der Waals surface area contributed by atoms with Crippen molar-refractivity contribution in [2.75, 3.05) is 19.6 Å². The molecule has 0 heterocycles. The molecule has 2 heteroatoms. The maximum atomic E-state index is 3.69. The Labute approximate surface area is 130 Å². The van der Waals surface area contributed by atoms with Crippen LogP contribution in [0.3, 0.4) is 0 Å². The summed E-state index contributed by atoms with van der Waals surface area (Å²) in [5.41, 5.74) is 1.43. The van der Waals surface area contributed by atoms with Gasteiger partial charge in [0.25, 0.3) is 0 Å². The predicted molar refractivity (Wildman–Crippen MR) is 91.5 cm³/mol. The van der Waals surface area contributed by atoms with Gasteiger partial charge in [-0.1, -0.05) is 63.9 Å². The van der Waals surface area contributed by atoms with Crippen molar-refractivity contribution in [3.8, 4) is 0 Å². The van der Waals surface area contributed by atoms with Crippen LogP contribution in [0.15, 0.2) is 30.3 Å². The number of hydrogen-bond acceptors (Lipinski definition) is 2. The highest BCUT2D eigenvalue weighted by molar-refractivity contribution is 5.19. The van der Waals surface area contributed by atoms with E-state index in [1.807, 2.05) is 0 Å². The molecule has 1 fully saturated rings. The van der Waals surface area contributed by atoms with Gasteiger partial charge in [-0.05, 0) is 37.4 Å². The third-order valence-electron chi connectivity index (χ3n) is 4.92. The smallest absolute Gasteiger partial charge is 0.0358 e. The molecule has 2 rings (SSSR count). The molecule has 1 aliphatic rings. The molecule has 1 N–H and O–H groups in total. The molecule has 0 saturated heterocycles. The second kappa shape index (κ2) is 8.55. The van der Waals surface area contributed by atoms with Crippen LogP contribution in [0, 0.1) is 5.92 Å². The van der Waals surface area contributed by atoms with Crippen molar-refractivity contribution in [1.82, 2.24) is 10.2 Å². The third kappa shape index (κ3) is 4.55. The molecule has 21 heavy (non-hydrogen) atoms. The van der Waals surface area contributed by atoms with Crippen LogP contribution >= 0.6 is 0 Å². The molecule has 0 aromatic heterocycles. The fourth-order valence-electron chi connectivity index (χ4n) is 3.81. The molecular weight excluding hydrogens is 256 g/mol. The van der Waals surface area contributed by atoms with Gasteiger partial charge in [-0.15, -0.1) is 0 Å². The minimum Gasteiger partial charge on any atom is -0.310 e. The summed E-state index contributed by atoms with van der Waals surface area (Å²) in [5.74, 6) is 0.632. The minimum atomic E-state index is 0.464. The minimum absolute atomic E-state index is 0.464. The van der Waals surface area contributed by atoms with Crippen LogP contribution in [0.4, 0.5) is 0 Å². The SMILES string of the molecule is CCNC(c1ccccc1)C(C)CN(CC)C1CCCC1. The molecule has 0 radical (unpaired) electrons. The van der Waals surface area contributed by atoms with E-state index in [-0.39, 0.29) is 0 Å². The summed E-state index contributed by atoms with van der Waals surface area (Å²) in [6.45, 7) is 10.3. The average molecular weight is 288 g/mol. The average Bonchev–Trinajstić information content (AvgIpc) is 3.05. The summed E-state index contributed by atoms with van der Waals surface area (Å²) in [5, 5.41) is 3.69. The van der Waals surface area contributed by atoms with Gasteiger partial charge in [0.05, 0.1) is 0 Å². The van der Waals surface area contributed by atoms with Crippen LogP contribution < -0.4 is 5.32 Å². The van der Waals surface area contributed by atoms with Crippen LogP contribution in [0.2, 0.25) is 0 Å². The Kier molecular flexibility index (Phi) is 6.72. The zero-order valence-electron chi connectivity index (χ0n) is 14.0. The first-order valence-electron chi connectivity index (χ1n) is 8.78. The maximum absolute atomic E-state index is 3.69. The van der Waals surface area contributed by atoms with E-state index in [2.05, 4.69) is 61.3 Å². The summed E-state index contributed by atoms with van der Waals surface area (Å²) in [6, 6.07) is 12.2. The predicted octanol–water partition coefficient (Wildman–Crippen LogP) is 4.24. The lowest BCUT2D eigenvalue weighted by Crippen LogP contribution is -2.40. The largest absolute Gasteiger partial charge is 0.310 e. The number of rotatable bonds is 8. The Bertz CT molecular complexity index is 384. The molecule has 0 spiro atoms. The lowest BCUT2D eigenvalue weighted by molar-refractivity contribution is 0.164. The standard InChI is InChI=1S/C19H32N2/c1-4-20-19(17-11-7-6-8-12-17)16(3)15-21(5-2)18-13-9-10-14-18/h6-8,11-12,16,18-20H,4-5,9-10,13-15H2,1-3H3. The van der Waals surface area contributed by atoms with Gasteiger partial charge >= 0.3 is 0 Å². The van der Waals surface area contributed by atoms with E-state index in [4.69, 9.17) is 0 Å². The van der Waals surface area contributed by atoms with E-state index < -0.39 is 0 Å². The van der Waals surface area contributed by atoms with E-state index in [1.54, 1.807) is 0 Å². The lowest BCUT2D eigenvalue weighted by atomic mass is 9.93. The fraction of sp³-hybridized carbons (Fsp3) is 0.684. The molecule has 0 bridgehead atoms. The Morgan fingerprint density at radius 2 is 1.81 bits per heavy atom.